The molecule has 1 aliphatic rings. The van der Waals surface area contributed by atoms with Crippen LogP contribution in [0.1, 0.15) is 35.3 Å². The maximum atomic E-state index is 12.3. The van der Waals surface area contributed by atoms with E-state index in [0.717, 1.165) is 25.3 Å². The van der Waals surface area contributed by atoms with Gasteiger partial charge in [-0.25, -0.2) is 4.79 Å². The second-order valence-corrected chi connectivity index (χ2v) is 4.90. The van der Waals surface area contributed by atoms with E-state index in [1.165, 1.54) is 12.3 Å². The summed E-state index contributed by atoms with van der Waals surface area (Å²) < 4.78 is 5.34. The van der Waals surface area contributed by atoms with Crippen LogP contribution in [0.15, 0.2) is 24.4 Å². The molecule has 1 aliphatic carbocycles. The number of carboxylic acid groups (broad SMARTS) is 1. The van der Waals surface area contributed by atoms with E-state index in [1.54, 1.807) is 19.2 Å². The highest BCUT2D eigenvalue weighted by Crippen LogP contribution is 2.22. The van der Waals surface area contributed by atoms with Gasteiger partial charge in [0, 0.05) is 24.9 Å². The van der Waals surface area contributed by atoms with Crippen molar-refractivity contribution in [2.45, 2.75) is 31.4 Å². The zero-order valence-electron chi connectivity index (χ0n) is 11.8. The Kier molecular flexibility index (Phi) is 5.05. The normalized spacial score (nSPS) is 21.6. The molecule has 2 rings (SSSR count). The summed E-state index contributed by atoms with van der Waals surface area (Å²) in [6.45, 7) is 0. The van der Waals surface area contributed by atoms with Crippen LogP contribution in [0.25, 0.3) is 6.08 Å². The van der Waals surface area contributed by atoms with Crippen molar-refractivity contribution in [1.82, 2.24) is 10.3 Å². The molecule has 1 heterocycles. The summed E-state index contributed by atoms with van der Waals surface area (Å²) >= 11 is 0. The van der Waals surface area contributed by atoms with Gasteiger partial charge < -0.3 is 15.2 Å². The maximum Gasteiger partial charge on any atom is 0.328 e. The number of carbonyl (C=O) groups is 2. The molecule has 0 aromatic carbocycles. The lowest BCUT2D eigenvalue weighted by atomic mass is 10.1. The number of methoxy groups -OCH3 is 1. The molecule has 1 fully saturated rings. The average Bonchev–Trinajstić information content (AvgIpc) is 2.92. The van der Waals surface area contributed by atoms with Crippen LogP contribution in [-0.4, -0.2) is 41.2 Å². The van der Waals surface area contributed by atoms with E-state index < -0.39 is 5.97 Å². The van der Waals surface area contributed by atoms with Gasteiger partial charge in [-0.2, -0.15) is 0 Å². The number of nitrogens with one attached hydrogen (secondary N) is 1. The molecule has 112 valence electrons. The Morgan fingerprint density at radius 3 is 3.00 bits per heavy atom. The second kappa shape index (κ2) is 6.99. The lowest BCUT2D eigenvalue weighted by Crippen LogP contribution is -2.41. The molecule has 0 radical (unpaired) electrons. The fraction of sp³-hybridized carbons (Fsp3) is 0.400. The van der Waals surface area contributed by atoms with Crippen LogP contribution in [0.5, 0.6) is 0 Å². The number of rotatable bonds is 5. The molecule has 2 atom stereocenters. The number of carbonyl (C=O) groups excluding carboxylic acids is 1. The largest absolute Gasteiger partial charge is 0.478 e. The first-order valence-electron chi connectivity index (χ1n) is 6.81. The van der Waals surface area contributed by atoms with Crippen molar-refractivity contribution >= 4 is 18.0 Å². The van der Waals surface area contributed by atoms with Gasteiger partial charge in [-0.3, -0.25) is 9.78 Å². The quantitative estimate of drug-likeness (QED) is 0.802. The first-order chi connectivity index (χ1) is 10.1. The summed E-state index contributed by atoms with van der Waals surface area (Å²) in [6.07, 6.45) is 6.70. The van der Waals surface area contributed by atoms with Crippen molar-refractivity contribution in [1.29, 1.82) is 0 Å². The summed E-state index contributed by atoms with van der Waals surface area (Å²) in [5, 5.41) is 11.6. The van der Waals surface area contributed by atoms with E-state index in [4.69, 9.17) is 9.84 Å². The van der Waals surface area contributed by atoms with E-state index in [1.807, 2.05) is 0 Å². The molecule has 0 aliphatic heterocycles. The molecule has 6 nitrogen and oxygen atoms in total. The van der Waals surface area contributed by atoms with Gasteiger partial charge in [-0.1, -0.05) is 6.07 Å². The molecule has 0 saturated heterocycles. The maximum absolute atomic E-state index is 12.3. The predicted octanol–water partition coefficient (Wildman–Crippen LogP) is 1.48. The summed E-state index contributed by atoms with van der Waals surface area (Å²) in [7, 11) is 1.64. The standard InChI is InChI=1S/C15H18N2O4/c1-21-12-6-2-5-11(12)17-15(20)14-10(4-3-9-16-14)7-8-13(18)19/h3-4,7-9,11-12H,2,5-6H2,1H3,(H,17,20)(H,18,19)/b8-7+. The van der Waals surface area contributed by atoms with Gasteiger partial charge in [0.1, 0.15) is 5.69 Å². The number of aromatic nitrogens is 1. The minimum absolute atomic E-state index is 0.0238. The highest BCUT2D eigenvalue weighted by Gasteiger charge is 2.29. The summed E-state index contributed by atoms with van der Waals surface area (Å²) in [5.74, 6) is -1.38. The van der Waals surface area contributed by atoms with Gasteiger partial charge in [0.2, 0.25) is 0 Å². The number of carboxylic acids is 1. The Labute approximate surface area is 122 Å². The van der Waals surface area contributed by atoms with Crippen molar-refractivity contribution in [2.24, 2.45) is 0 Å². The van der Waals surface area contributed by atoms with Crippen molar-refractivity contribution in [3.05, 3.63) is 35.7 Å². The molecule has 1 aromatic heterocycles. The molecule has 21 heavy (non-hydrogen) atoms. The minimum atomic E-state index is -1.07. The van der Waals surface area contributed by atoms with E-state index in [0.29, 0.717) is 5.56 Å². The topological polar surface area (TPSA) is 88.5 Å². The first-order valence-corrected chi connectivity index (χ1v) is 6.81. The first kappa shape index (κ1) is 15.2. The molecule has 2 unspecified atom stereocenters. The van der Waals surface area contributed by atoms with Crippen LogP contribution < -0.4 is 5.32 Å². The van der Waals surface area contributed by atoms with Crippen LogP contribution in [0.4, 0.5) is 0 Å². The van der Waals surface area contributed by atoms with Crippen molar-refractivity contribution in [3.63, 3.8) is 0 Å². The van der Waals surface area contributed by atoms with Gasteiger partial charge in [-0.05, 0) is 31.4 Å². The molecule has 1 saturated carbocycles. The zero-order valence-corrected chi connectivity index (χ0v) is 11.8. The van der Waals surface area contributed by atoms with Crippen molar-refractivity contribution < 1.29 is 19.4 Å². The number of pyridine rings is 1. The number of aliphatic carboxylic acids is 1. The SMILES string of the molecule is COC1CCCC1NC(=O)c1ncccc1/C=C/C(=O)O. The smallest absolute Gasteiger partial charge is 0.328 e. The van der Waals surface area contributed by atoms with Gasteiger partial charge in [0.15, 0.2) is 0 Å². The number of ether oxygens (including phenoxy) is 1. The van der Waals surface area contributed by atoms with E-state index in [9.17, 15) is 9.59 Å². The van der Waals surface area contributed by atoms with Crippen LogP contribution in [0.2, 0.25) is 0 Å². The van der Waals surface area contributed by atoms with E-state index in [-0.39, 0.29) is 23.7 Å². The molecule has 1 amide bonds. The molecular weight excluding hydrogens is 272 g/mol. The fourth-order valence-corrected chi connectivity index (χ4v) is 2.51. The minimum Gasteiger partial charge on any atom is -0.478 e. The third-order valence-corrected chi connectivity index (χ3v) is 3.53. The Morgan fingerprint density at radius 1 is 1.48 bits per heavy atom. The third-order valence-electron chi connectivity index (χ3n) is 3.53. The summed E-state index contributed by atoms with van der Waals surface area (Å²) in [5.41, 5.74) is 0.695. The van der Waals surface area contributed by atoms with Gasteiger partial charge >= 0.3 is 5.97 Å². The van der Waals surface area contributed by atoms with Crippen LogP contribution in [0.3, 0.4) is 0 Å². The monoisotopic (exact) mass is 290 g/mol. The average molecular weight is 290 g/mol. The summed E-state index contributed by atoms with van der Waals surface area (Å²) in [6, 6.07) is 3.29. The highest BCUT2D eigenvalue weighted by atomic mass is 16.5. The van der Waals surface area contributed by atoms with Crippen LogP contribution in [0, 0.1) is 0 Å². The zero-order chi connectivity index (χ0) is 15.2. The second-order valence-electron chi connectivity index (χ2n) is 4.90. The van der Waals surface area contributed by atoms with Crippen LogP contribution in [-0.2, 0) is 9.53 Å². The Morgan fingerprint density at radius 2 is 2.29 bits per heavy atom. The third kappa shape index (κ3) is 3.88. The molecule has 2 N–H and O–H groups in total. The van der Waals surface area contributed by atoms with Gasteiger partial charge in [-0.15, -0.1) is 0 Å². The van der Waals surface area contributed by atoms with Gasteiger partial charge in [0.25, 0.3) is 5.91 Å². The lowest BCUT2D eigenvalue weighted by Gasteiger charge is -2.19. The van der Waals surface area contributed by atoms with Crippen molar-refractivity contribution in [3.8, 4) is 0 Å². The number of amides is 1. The lowest BCUT2D eigenvalue weighted by molar-refractivity contribution is -0.131. The fourth-order valence-electron chi connectivity index (χ4n) is 2.51. The predicted molar refractivity (Wildman–Crippen MR) is 76.8 cm³/mol. The number of hydrogen-bond acceptors (Lipinski definition) is 4. The summed E-state index contributed by atoms with van der Waals surface area (Å²) in [4.78, 5) is 27.0. The Bertz CT molecular complexity index is 556. The molecule has 1 aromatic rings. The molecular formula is C15H18N2O4. The van der Waals surface area contributed by atoms with Crippen LogP contribution >= 0.6 is 0 Å². The van der Waals surface area contributed by atoms with Crippen molar-refractivity contribution in [2.75, 3.05) is 7.11 Å². The van der Waals surface area contributed by atoms with E-state index >= 15 is 0 Å². The highest BCUT2D eigenvalue weighted by molar-refractivity contribution is 5.97. The molecule has 6 heteroatoms. The number of hydrogen-bond donors (Lipinski definition) is 2. The molecule has 0 spiro atoms. The Balaban J connectivity index is 2.14. The Hall–Kier alpha value is -2.21. The van der Waals surface area contributed by atoms with Gasteiger partial charge in [0.05, 0.1) is 12.1 Å². The van der Waals surface area contributed by atoms with E-state index in [2.05, 4.69) is 10.3 Å². The molecule has 0 bridgehead atoms. The number of nitrogens with zero attached hydrogens (tertiary/aromatic N) is 1.